The van der Waals surface area contributed by atoms with E-state index in [4.69, 9.17) is 19.2 Å². The van der Waals surface area contributed by atoms with Crippen molar-refractivity contribution in [3.8, 4) is 11.5 Å². The Labute approximate surface area is 239 Å². The molecule has 0 N–H and O–H groups in total. The number of halogens is 2. The highest BCUT2D eigenvalue weighted by Gasteiger charge is 2.39. The lowest BCUT2D eigenvalue weighted by atomic mass is 9.74. The lowest BCUT2D eigenvalue weighted by Crippen LogP contribution is -2.47. The molecule has 222 valence electrons. The minimum absolute atomic E-state index is 0.149. The first-order chi connectivity index (χ1) is 19.6. The van der Waals surface area contributed by atoms with E-state index in [9.17, 15) is 22.0 Å². The Bertz CT molecular complexity index is 1430. The second kappa shape index (κ2) is 12.0. The van der Waals surface area contributed by atoms with Crippen LogP contribution in [0.1, 0.15) is 48.8 Å². The number of fused-ring (bicyclic) bond motifs is 3. The molecule has 1 saturated heterocycles. The summed E-state index contributed by atoms with van der Waals surface area (Å²) in [5.74, 6) is -0.0525. The van der Waals surface area contributed by atoms with E-state index in [1.165, 1.54) is 18.3 Å². The number of hydrogen-bond acceptors (Lipinski definition) is 8. The Morgan fingerprint density at radius 1 is 1.10 bits per heavy atom. The summed E-state index contributed by atoms with van der Waals surface area (Å²) in [5.41, 5.74) is 2.74. The van der Waals surface area contributed by atoms with Crippen LogP contribution in [0.3, 0.4) is 0 Å². The minimum atomic E-state index is -3.71. The predicted octanol–water partition coefficient (Wildman–Crippen LogP) is 3.69. The van der Waals surface area contributed by atoms with E-state index in [2.05, 4.69) is 4.90 Å². The van der Waals surface area contributed by atoms with Crippen LogP contribution in [0.5, 0.6) is 11.5 Å². The van der Waals surface area contributed by atoms with Crippen LogP contribution in [0, 0.1) is 0 Å². The lowest BCUT2D eigenvalue weighted by Gasteiger charge is -2.38. The largest absolute Gasteiger partial charge is 0.493 e. The van der Waals surface area contributed by atoms with Gasteiger partial charge < -0.3 is 19.1 Å². The van der Waals surface area contributed by atoms with Gasteiger partial charge in [0.15, 0.2) is 11.5 Å². The van der Waals surface area contributed by atoms with E-state index in [1.807, 2.05) is 13.1 Å². The quantitative estimate of drug-likeness (QED) is 0.432. The number of benzene rings is 2. The minimum Gasteiger partial charge on any atom is -0.493 e. The Hall–Kier alpha value is -3.09. The van der Waals surface area contributed by atoms with E-state index >= 15 is 0 Å². The molecular formula is C29H35F2N3O6S. The van der Waals surface area contributed by atoms with Gasteiger partial charge in [-0.25, -0.2) is 17.2 Å². The maximum atomic E-state index is 13.5. The number of sulfonamides is 1. The maximum absolute atomic E-state index is 13.5. The highest BCUT2D eigenvalue weighted by Crippen LogP contribution is 2.45. The molecular weight excluding hydrogens is 556 g/mol. The van der Waals surface area contributed by atoms with Gasteiger partial charge in [-0.1, -0.05) is 12.1 Å². The summed E-state index contributed by atoms with van der Waals surface area (Å²) in [6, 6.07) is 10.0. The van der Waals surface area contributed by atoms with Crippen LogP contribution in [0.15, 0.2) is 46.3 Å². The Balaban J connectivity index is 1.56. The molecule has 0 amide bonds. The van der Waals surface area contributed by atoms with Crippen molar-refractivity contribution in [1.82, 2.24) is 9.21 Å². The second-order valence-corrected chi connectivity index (χ2v) is 12.7. The normalized spacial score (nSPS) is 23.4. The van der Waals surface area contributed by atoms with Crippen molar-refractivity contribution in [2.24, 2.45) is 4.99 Å². The van der Waals surface area contributed by atoms with Crippen LogP contribution in [-0.4, -0.2) is 94.8 Å². The molecule has 0 aromatic heterocycles. The van der Waals surface area contributed by atoms with E-state index in [0.29, 0.717) is 62.3 Å². The zero-order valence-corrected chi connectivity index (χ0v) is 24.2. The third kappa shape index (κ3) is 6.24. The average molecular weight is 592 g/mol. The van der Waals surface area contributed by atoms with Crippen LogP contribution in [0.25, 0.3) is 0 Å². The highest BCUT2D eigenvalue weighted by atomic mass is 32.2. The van der Waals surface area contributed by atoms with E-state index < -0.39 is 23.1 Å². The third-order valence-electron chi connectivity index (χ3n) is 7.96. The van der Waals surface area contributed by atoms with Gasteiger partial charge in [0.2, 0.25) is 10.0 Å². The molecule has 2 aliphatic heterocycles. The molecule has 5 rings (SSSR count). The van der Waals surface area contributed by atoms with Gasteiger partial charge in [-0.3, -0.25) is 9.79 Å². The summed E-state index contributed by atoms with van der Waals surface area (Å²) >= 11 is 0. The molecule has 0 radical (unpaired) electrons. The maximum Gasteiger partial charge on any atom is 0.302 e. The molecule has 41 heavy (non-hydrogen) atoms. The van der Waals surface area contributed by atoms with Crippen molar-refractivity contribution in [2.75, 3.05) is 46.9 Å². The van der Waals surface area contributed by atoms with Crippen LogP contribution < -0.4 is 9.47 Å². The van der Waals surface area contributed by atoms with Crippen molar-refractivity contribution in [3.05, 3.63) is 53.1 Å². The fraction of sp³-hybridized carbons (Fsp3) is 0.517. The van der Waals surface area contributed by atoms with Crippen LogP contribution in [-0.2, 0) is 19.6 Å². The third-order valence-corrected chi connectivity index (χ3v) is 9.85. The smallest absolute Gasteiger partial charge is 0.302 e. The summed E-state index contributed by atoms with van der Waals surface area (Å²) < 4.78 is 71.0. The number of ether oxygens (including phenoxy) is 3. The number of carbonyl (C=O) groups is 1. The number of likely N-dealkylation sites (N-methyl/N-ethyl adjacent to an activating group) is 1. The van der Waals surface area contributed by atoms with Gasteiger partial charge >= 0.3 is 5.97 Å². The zero-order valence-electron chi connectivity index (χ0n) is 23.4. The van der Waals surface area contributed by atoms with Crippen LogP contribution in [0.2, 0.25) is 0 Å². The molecule has 3 unspecified atom stereocenters. The Kier molecular flexibility index (Phi) is 8.62. The number of esters is 1. The molecule has 2 fully saturated rings. The Morgan fingerprint density at radius 2 is 1.85 bits per heavy atom. The summed E-state index contributed by atoms with van der Waals surface area (Å²) in [6.45, 7) is 2.74. The molecule has 3 aliphatic rings. The van der Waals surface area contributed by atoms with Crippen molar-refractivity contribution in [1.29, 1.82) is 0 Å². The predicted molar refractivity (Wildman–Crippen MR) is 149 cm³/mol. The summed E-state index contributed by atoms with van der Waals surface area (Å²) in [5, 5.41) is 0. The average Bonchev–Trinajstić information content (AvgIpc) is 2.95. The summed E-state index contributed by atoms with van der Waals surface area (Å²) in [7, 11) is -0.316. The number of piperazine rings is 1. The monoisotopic (exact) mass is 591 g/mol. The molecule has 0 bridgehead atoms. The fourth-order valence-electron chi connectivity index (χ4n) is 5.91. The van der Waals surface area contributed by atoms with Crippen molar-refractivity contribution >= 4 is 21.7 Å². The van der Waals surface area contributed by atoms with Gasteiger partial charge in [0.25, 0.3) is 6.43 Å². The van der Waals surface area contributed by atoms with Gasteiger partial charge in [0, 0.05) is 50.1 Å². The number of carbonyl (C=O) groups excluding carboxylic acids is 1. The zero-order chi connectivity index (χ0) is 29.3. The van der Waals surface area contributed by atoms with Crippen molar-refractivity contribution in [3.63, 3.8) is 0 Å². The standard InChI is InChI=1S/C29H35F2N3O6S/c1-18(35)40-20-7-8-25-23(14-20)22-15-27(39-17-28(30)31)26(38-3)16-24(22)29(32-25)19-5-4-6-21(13-19)41(36,37)34-11-9-33(2)10-12-34/h4-6,13,15-16,20,23,25,28H,7-12,14,17H2,1-3H3. The van der Waals surface area contributed by atoms with E-state index in [1.54, 1.807) is 30.3 Å². The molecule has 1 aliphatic carbocycles. The lowest BCUT2D eigenvalue weighted by molar-refractivity contribution is -0.148. The van der Waals surface area contributed by atoms with Gasteiger partial charge in [-0.2, -0.15) is 4.31 Å². The molecule has 2 aromatic carbocycles. The first kappa shape index (κ1) is 29.4. The van der Waals surface area contributed by atoms with Crippen molar-refractivity contribution < 1.29 is 36.2 Å². The van der Waals surface area contributed by atoms with Crippen LogP contribution in [0.4, 0.5) is 8.78 Å². The first-order valence-electron chi connectivity index (χ1n) is 13.7. The number of alkyl halides is 2. The number of aliphatic imine (C=N–C) groups is 1. The molecule has 2 aromatic rings. The van der Waals surface area contributed by atoms with Gasteiger partial charge in [0.1, 0.15) is 12.7 Å². The molecule has 3 atom stereocenters. The molecule has 2 heterocycles. The SMILES string of the molecule is COc1cc2c(cc1OCC(F)F)C1CC(OC(C)=O)CCC1N=C2c1cccc(S(=O)(=O)N2CCN(C)CC2)c1. The summed E-state index contributed by atoms with van der Waals surface area (Å²) in [4.78, 5) is 19.1. The Morgan fingerprint density at radius 3 is 2.54 bits per heavy atom. The van der Waals surface area contributed by atoms with Gasteiger partial charge in [0.05, 0.1) is 23.8 Å². The number of nitrogens with zero attached hydrogens (tertiary/aromatic N) is 3. The van der Waals surface area contributed by atoms with Gasteiger partial charge in [-0.05, 0) is 56.1 Å². The first-order valence-corrected chi connectivity index (χ1v) is 15.2. The van der Waals surface area contributed by atoms with E-state index in [-0.39, 0.29) is 40.4 Å². The fourth-order valence-corrected chi connectivity index (χ4v) is 7.37. The molecule has 9 nitrogen and oxygen atoms in total. The van der Waals surface area contributed by atoms with Gasteiger partial charge in [-0.15, -0.1) is 0 Å². The summed E-state index contributed by atoms with van der Waals surface area (Å²) in [6.07, 6.45) is -1.15. The molecule has 0 spiro atoms. The number of rotatable bonds is 8. The highest BCUT2D eigenvalue weighted by molar-refractivity contribution is 7.89. The molecule has 1 saturated carbocycles. The second-order valence-electron chi connectivity index (χ2n) is 10.7. The van der Waals surface area contributed by atoms with Crippen molar-refractivity contribution in [2.45, 2.75) is 55.6 Å². The molecule has 12 heteroatoms. The number of hydrogen-bond donors (Lipinski definition) is 0. The van der Waals surface area contributed by atoms with Crippen LogP contribution >= 0.6 is 0 Å². The number of methoxy groups -OCH3 is 1. The topological polar surface area (TPSA) is 97.7 Å². The van der Waals surface area contributed by atoms with E-state index in [0.717, 1.165) is 5.56 Å².